The zero-order valence-electron chi connectivity index (χ0n) is 9.40. The first-order chi connectivity index (χ1) is 6.17. The van der Waals surface area contributed by atoms with Crippen LogP contribution in [0.15, 0.2) is 0 Å². The molecule has 0 radical (unpaired) electrons. The molecule has 1 saturated heterocycles. The van der Waals surface area contributed by atoms with Crippen LogP contribution in [0.4, 0.5) is 0 Å². The summed E-state index contributed by atoms with van der Waals surface area (Å²) >= 11 is 0. The molecule has 1 fully saturated rings. The fourth-order valence-corrected chi connectivity index (χ4v) is 2.15. The maximum Gasteiger partial charge on any atom is 0.0153 e. The number of nitrogens with zero attached hydrogens (tertiary/aromatic N) is 1. The standard InChI is InChI=1S/C11H24N2/c1-4-12-8-6-10-13-9-5-7-11(13,2)3/h12H,4-10H2,1-3H3. The van der Waals surface area contributed by atoms with Crippen molar-refractivity contribution in [3.8, 4) is 0 Å². The molecule has 0 aromatic carbocycles. The smallest absolute Gasteiger partial charge is 0.0153 e. The van der Waals surface area contributed by atoms with Crippen molar-refractivity contribution in [2.24, 2.45) is 0 Å². The quantitative estimate of drug-likeness (QED) is 0.656. The molecular weight excluding hydrogens is 160 g/mol. The minimum atomic E-state index is 0.464. The van der Waals surface area contributed by atoms with Gasteiger partial charge in [-0.15, -0.1) is 0 Å². The van der Waals surface area contributed by atoms with Crippen molar-refractivity contribution < 1.29 is 0 Å². The van der Waals surface area contributed by atoms with Crippen LogP contribution in [-0.4, -0.2) is 36.6 Å². The van der Waals surface area contributed by atoms with Gasteiger partial charge in [0.05, 0.1) is 0 Å². The summed E-state index contributed by atoms with van der Waals surface area (Å²) in [5, 5.41) is 3.37. The average molecular weight is 184 g/mol. The third kappa shape index (κ3) is 3.28. The van der Waals surface area contributed by atoms with Gasteiger partial charge in [-0.3, -0.25) is 4.90 Å². The van der Waals surface area contributed by atoms with E-state index < -0.39 is 0 Å². The summed E-state index contributed by atoms with van der Waals surface area (Å²) in [4.78, 5) is 2.63. The maximum atomic E-state index is 3.37. The van der Waals surface area contributed by atoms with Gasteiger partial charge in [-0.25, -0.2) is 0 Å². The molecule has 1 N–H and O–H groups in total. The van der Waals surface area contributed by atoms with Gasteiger partial charge in [-0.05, 0) is 59.3 Å². The summed E-state index contributed by atoms with van der Waals surface area (Å²) < 4.78 is 0. The summed E-state index contributed by atoms with van der Waals surface area (Å²) in [5.41, 5.74) is 0.464. The summed E-state index contributed by atoms with van der Waals surface area (Å²) in [6.07, 6.45) is 4.04. The van der Waals surface area contributed by atoms with Crippen molar-refractivity contribution in [3.63, 3.8) is 0 Å². The highest BCUT2D eigenvalue weighted by Gasteiger charge is 2.30. The third-order valence-electron chi connectivity index (χ3n) is 3.10. The van der Waals surface area contributed by atoms with Crippen molar-refractivity contribution in [2.45, 2.75) is 45.6 Å². The van der Waals surface area contributed by atoms with Crippen LogP contribution in [0.1, 0.15) is 40.0 Å². The second kappa shape index (κ2) is 4.97. The van der Waals surface area contributed by atoms with Gasteiger partial charge in [0, 0.05) is 5.54 Å². The predicted octanol–water partition coefficient (Wildman–Crippen LogP) is 1.86. The van der Waals surface area contributed by atoms with Crippen molar-refractivity contribution in [1.29, 1.82) is 0 Å². The van der Waals surface area contributed by atoms with Crippen LogP contribution < -0.4 is 5.32 Å². The van der Waals surface area contributed by atoms with E-state index in [1.54, 1.807) is 0 Å². The lowest BCUT2D eigenvalue weighted by Crippen LogP contribution is -2.39. The van der Waals surface area contributed by atoms with E-state index in [4.69, 9.17) is 0 Å². The van der Waals surface area contributed by atoms with Gasteiger partial charge in [0.15, 0.2) is 0 Å². The van der Waals surface area contributed by atoms with Gasteiger partial charge in [0.25, 0.3) is 0 Å². The number of rotatable bonds is 5. The maximum absolute atomic E-state index is 3.37. The highest BCUT2D eigenvalue weighted by Crippen LogP contribution is 2.27. The fraction of sp³-hybridized carbons (Fsp3) is 1.00. The Bertz CT molecular complexity index is 143. The van der Waals surface area contributed by atoms with Gasteiger partial charge in [0.2, 0.25) is 0 Å². The Morgan fingerprint density at radius 1 is 1.38 bits per heavy atom. The monoisotopic (exact) mass is 184 g/mol. The largest absolute Gasteiger partial charge is 0.317 e. The second-order valence-corrected chi connectivity index (χ2v) is 4.61. The molecule has 1 rings (SSSR count). The number of likely N-dealkylation sites (tertiary alicyclic amines) is 1. The Morgan fingerprint density at radius 3 is 2.69 bits per heavy atom. The molecule has 1 heterocycles. The molecule has 0 atom stereocenters. The van der Waals surface area contributed by atoms with Crippen LogP contribution in [0.2, 0.25) is 0 Å². The minimum Gasteiger partial charge on any atom is -0.317 e. The minimum absolute atomic E-state index is 0.464. The molecule has 0 aliphatic carbocycles. The van der Waals surface area contributed by atoms with Crippen molar-refractivity contribution in [1.82, 2.24) is 10.2 Å². The Labute approximate surface area is 82.7 Å². The normalized spacial score (nSPS) is 22.4. The van der Waals surface area contributed by atoms with Crippen LogP contribution in [0, 0.1) is 0 Å². The first-order valence-corrected chi connectivity index (χ1v) is 5.62. The van der Waals surface area contributed by atoms with E-state index in [9.17, 15) is 0 Å². The first-order valence-electron chi connectivity index (χ1n) is 5.62. The van der Waals surface area contributed by atoms with E-state index in [0.717, 1.165) is 6.54 Å². The molecule has 2 heteroatoms. The molecule has 0 spiro atoms. The molecule has 78 valence electrons. The van der Waals surface area contributed by atoms with Gasteiger partial charge >= 0.3 is 0 Å². The van der Waals surface area contributed by atoms with E-state index >= 15 is 0 Å². The molecule has 2 nitrogen and oxygen atoms in total. The summed E-state index contributed by atoms with van der Waals surface area (Å²) in [5.74, 6) is 0. The zero-order valence-corrected chi connectivity index (χ0v) is 9.40. The Morgan fingerprint density at radius 2 is 2.15 bits per heavy atom. The molecule has 0 bridgehead atoms. The van der Waals surface area contributed by atoms with Crippen LogP contribution in [0.5, 0.6) is 0 Å². The van der Waals surface area contributed by atoms with Gasteiger partial charge in [0.1, 0.15) is 0 Å². The summed E-state index contributed by atoms with van der Waals surface area (Å²) in [6, 6.07) is 0. The topological polar surface area (TPSA) is 15.3 Å². The molecule has 0 saturated carbocycles. The number of nitrogens with one attached hydrogen (secondary N) is 1. The third-order valence-corrected chi connectivity index (χ3v) is 3.10. The lowest BCUT2D eigenvalue weighted by atomic mass is 10.0. The molecule has 1 aliphatic heterocycles. The molecule has 13 heavy (non-hydrogen) atoms. The van der Waals surface area contributed by atoms with E-state index in [0.29, 0.717) is 5.54 Å². The van der Waals surface area contributed by atoms with Crippen LogP contribution in [-0.2, 0) is 0 Å². The van der Waals surface area contributed by atoms with Gasteiger partial charge in [-0.1, -0.05) is 6.92 Å². The fourth-order valence-electron chi connectivity index (χ4n) is 2.15. The number of hydrogen-bond donors (Lipinski definition) is 1. The lowest BCUT2D eigenvalue weighted by molar-refractivity contribution is 0.173. The van der Waals surface area contributed by atoms with Crippen LogP contribution in [0.3, 0.4) is 0 Å². The first kappa shape index (κ1) is 11.0. The molecular formula is C11H24N2. The molecule has 0 aromatic heterocycles. The SMILES string of the molecule is CCNCCCN1CCCC1(C)C. The van der Waals surface area contributed by atoms with Gasteiger partial charge in [-0.2, -0.15) is 0 Å². The Balaban J connectivity index is 2.14. The second-order valence-electron chi connectivity index (χ2n) is 4.61. The Hall–Kier alpha value is -0.0800. The lowest BCUT2D eigenvalue weighted by Gasteiger charge is -2.31. The van der Waals surface area contributed by atoms with Crippen LogP contribution >= 0.6 is 0 Å². The van der Waals surface area contributed by atoms with Crippen LogP contribution in [0.25, 0.3) is 0 Å². The highest BCUT2D eigenvalue weighted by atomic mass is 15.2. The predicted molar refractivity (Wildman–Crippen MR) is 58.0 cm³/mol. The summed E-state index contributed by atoms with van der Waals surface area (Å²) in [7, 11) is 0. The zero-order chi connectivity index (χ0) is 9.73. The molecule has 1 aliphatic rings. The molecule has 0 unspecified atom stereocenters. The van der Waals surface area contributed by atoms with Gasteiger partial charge < -0.3 is 5.32 Å². The van der Waals surface area contributed by atoms with E-state index in [2.05, 4.69) is 31.0 Å². The average Bonchev–Trinajstić information content (AvgIpc) is 2.40. The Kier molecular flexibility index (Phi) is 4.20. The van der Waals surface area contributed by atoms with E-state index in [-0.39, 0.29) is 0 Å². The van der Waals surface area contributed by atoms with E-state index in [1.165, 1.54) is 38.9 Å². The molecule has 0 aromatic rings. The summed E-state index contributed by atoms with van der Waals surface area (Å²) in [6.45, 7) is 11.7. The van der Waals surface area contributed by atoms with Crippen molar-refractivity contribution in [3.05, 3.63) is 0 Å². The van der Waals surface area contributed by atoms with Crippen molar-refractivity contribution >= 4 is 0 Å². The molecule has 0 amide bonds. The van der Waals surface area contributed by atoms with Crippen molar-refractivity contribution in [2.75, 3.05) is 26.2 Å². The number of hydrogen-bond acceptors (Lipinski definition) is 2. The van der Waals surface area contributed by atoms with E-state index in [1.807, 2.05) is 0 Å². The highest BCUT2D eigenvalue weighted by molar-refractivity contribution is 4.87.